The molecule has 0 atom stereocenters. The number of aromatic amines is 1. The Bertz CT molecular complexity index is 1180. The van der Waals surface area contributed by atoms with Crippen LogP contribution in [0.4, 0.5) is 10.1 Å². The molecular weight excluding hydrogens is 455 g/mol. The smallest absolute Gasteiger partial charge is 0.253 e. The first kappa shape index (κ1) is 25.5. The zero-order valence-corrected chi connectivity index (χ0v) is 20.8. The molecule has 0 saturated heterocycles. The number of fused-ring (bicyclic) bond motifs is 1. The van der Waals surface area contributed by atoms with Crippen LogP contribution in [-0.2, 0) is 6.54 Å². The van der Waals surface area contributed by atoms with Gasteiger partial charge in [0.25, 0.3) is 5.56 Å². The van der Waals surface area contributed by atoms with Gasteiger partial charge in [0.2, 0.25) is 0 Å². The van der Waals surface area contributed by atoms with Crippen molar-refractivity contribution in [1.82, 2.24) is 14.8 Å². The molecule has 3 rings (SSSR count). The van der Waals surface area contributed by atoms with Crippen molar-refractivity contribution in [3.05, 3.63) is 64.2 Å². The van der Waals surface area contributed by atoms with Gasteiger partial charge in [-0.25, -0.2) is 4.39 Å². The summed E-state index contributed by atoms with van der Waals surface area (Å²) in [5, 5.41) is 4.45. The fourth-order valence-electron chi connectivity index (χ4n) is 3.69. The number of nitrogens with one attached hydrogen (secondary N) is 2. The van der Waals surface area contributed by atoms with Crippen LogP contribution in [0.15, 0.2) is 47.3 Å². The van der Waals surface area contributed by atoms with Crippen LogP contribution in [0.3, 0.4) is 0 Å². The number of benzene rings is 2. The Morgan fingerprint density at radius 1 is 1.03 bits per heavy atom. The molecular formula is C25H31FN4O3S. The maximum atomic E-state index is 13.3. The average Bonchev–Trinajstić information content (AvgIpc) is 2.84. The molecule has 182 valence electrons. The zero-order valence-electron chi connectivity index (χ0n) is 20.0. The van der Waals surface area contributed by atoms with Crippen LogP contribution in [0.5, 0.6) is 11.5 Å². The number of aromatic nitrogens is 1. The highest BCUT2D eigenvalue weighted by molar-refractivity contribution is 7.80. The minimum atomic E-state index is -0.315. The van der Waals surface area contributed by atoms with Gasteiger partial charge in [0.1, 0.15) is 5.82 Å². The number of hydrogen-bond acceptors (Lipinski definition) is 5. The second-order valence-electron chi connectivity index (χ2n) is 7.80. The van der Waals surface area contributed by atoms with E-state index in [0.717, 1.165) is 25.0 Å². The van der Waals surface area contributed by atoms with E-state index in [0.29, 0.717) is 46.5 Å². The van der Waals surface area contributed by atoms with Gasteiger partial charge in [0.15, 0.2) is 16.6 Å². The first-order chi connectivity index (χ1) is 16.4. The van der Waals surface area contributed by atoms with E-state index in [1.165, 1.54) is 12.1 Å². The molecule has 0 bridgehead atoms. The molecule has 2 aromatic carbocycles. The molecule has 34 heavy (non-hydrogen) atoms. The molecule has 0 aliphatic carbocycles. The minimum Gasteiger partial charge on any atom is -0.493 e. The number of rotatable bonds is 10. The van der Waals surface area contributed by atoms with Crippen molar-refractivity contribution in [3.8, 4) is 11.5 Å². The molecule has 2 N–H and O–H groups in total. The highest BCUT2D eigenvalue weighted by atomic mass is 32.1. The standard InChI is InChI=1S/C25H31FN4O3S/c1-5-29(6-2)11-12-30(25(34)27-20-9-7-19(26)8-10-20)16-18-13-17-14-22(32-3)23(33-4)15-21(17)28-24(18)31/h7-10,13-15H,5-6,11-12,16H2,1-4H3,(H,27,34)(H,28,31). The predicted octanol–water partition coefficient (Wildman–Crippen LogP) is 4.23. The lowest BCUT2D eigenvalue weighted by Crippen LogP contribution is -2.41. The average molecular weight is 487 g/mol. The molecule has 0 radical (unpaired) electrons. The largest absolute Gasteiger partial charge is 0.493 e. The number of pyridine rings is 1. The first-order valence-corrected chi connectivity index (χ1v) is 11.6. The van der Waals surface area contributed by atoms with Crippen molar-refractivity contribution in [3.63, 3.8) is 0 Å². The maximum absolute atomic E-state index is 13.3. The number of methoxy groups -OCH3 is 2. The van der Waals surface area contributed by atoms with E-state index in [1.807, 2.05) is 17.0 Å². The van der Waals surface area contributed by atoms with Crippen LogP contribution in [0.1, 0.15) is 19.4 Å². The van der Waals surface area contributed by atoms with Gasteiger partial charge in [-0.1, -0.05) is 13.8 Å². The number of likely N-dealkylation sites (N-methyl/N-ethyl adjacent to an activating group) is 1. The monoisotopic (exact) mass is 486 g/mol. The highest BCUT2D eigenvalue weighted by Gasteiger charge is 2.16. The molecule has 0 spiro atoms. The van der Waals surface area contributed by atoms with Crippen molar-refractivity contribution in [1.29, 1.82) is 0 Å². The number of anilines is 1. The molecule has 0 amide bonds. The van der Waals surface area contributed by atoms with Crippen LogP contribution < -0.4 is 20.3 Å². The Labute approximate surface area is 204 Å². The quantitative estimate of drug-likeness (QED) is 0.416. The number of thiocarbonyl (C=S) groups is 1. The van der Waals surface area contributed by atoms with Gasteiger partial charge in [-0.3, -0.25) is 4.79 Å². The van der Waals surface area contributed by atoms with E-state index in [-0.39, 0.29) is 11.4 Å². The third-order valence-electron chi connectivity index (χ3n) is 5.75. The lowest BCUT2D eigenvalue weighted by molar-refractivity contribution is 0.266. The van der Waals surface area contributed by atoms with E-state index >= 15 is 0 Å². The van der Waals surface area contributed by atoms with Gasteiger partial charge in [-0.2, -0.15) is 0 Å². The number of hydrogen-bond donors (Lipinski definition) is 2. The minimum absolute atomic E-state index is 0.197. The van der Waals surface area contributed by atoms with E-state index < -0.39 is 0 Å². The van der Waals surface area contributed by atoms with Crippen LogP contribution in [0.25, 0.3) is 10.9 Å². The number of nitrogens with zero attached hydrogens (tertiary/aromatic N) is 2. The second-order valence-corrected chi connectivity index (χ2v) is 8.19. The predicted molar refractivity (Wildman–Crippen MR) is 138 cm³/mol. The van der Waals surface area contributed by atoms with E-state index in [1.54, 1.807) is 32.4 Å². The van der Waals surface area contributed by atoms with Gasteiger partial charge in [0, 0.05) is 35.8 Å². The summed E-state index contributed by atoms with van der Waals surface area (Å²) < 4.78 is 24.0. The second kappa shape index (κ2) is 11.8. The summed E-state index contributed by atoms with van der Waals surface area (Å²) in [6, 6.07) is 11.4. The Morgan fingerprint density at radius 2 is 1.68 bits per heavy atom. The summed E-state index contributed by atoms with van der Waals surface area (Å²) in [6.07, 6.45) is 0. The Morgan fingerprint density at radius 3 is 2.29 bits per heavy atom. The van der Waals surface area contributed by atoms with E-state index in [4.69, 9.17) is 21.7 Å². The fraction of sp³-hybridized carbons (Fsp3) is 0.360. The Balaban J connectivity index is 1.90. The number of halogens is 1. The first-order valence-electron chi connectivity index (χ1n) is 11.2. The molecule has 1 aromatic heterocycles. The Hall–Kier alpha value is -3.17. The third kappa shape index (κ3) is 6.24. The lowest BCUT2D eigenvalue weighted by atomic mass is 10.1. The summed E-state index contributed by atoms with van der Waals surface area (Å²) in [6.45, 7) is 7.78. The molecule has 0 saturated carbocycles. The molecule has 9 heteroatoms. The van der Waals surface area contributed by atoms with Crippen molar-refractivity contribution in [2.45, 2.75) is 20.4 Å². The normalized spacial score (nSPS) is 11.0. The number of ether oxygens (including phenoxy) is 2. The van der Waals surface area contributed by atoms with Gasteiger partial charge < -0.3 is 29.6 Å². The summed E-state index contributed by atoms with van der Waals surface area (Å²) in [4.78, 5) is 20.1. The van der Waals surface area contributed by atoms with Crippen LogP contribution in [0.2, 0.25) is 0 Å². The third-order valence-corrected chi connectivity index (χ3v) is 6.11. The number of H-pyrrole nitrogens is 1. The maximum Gasteiger partial charge on any atom is 0.253 e. The van der Waals surface area contributed by atoms with Gasteiger partial charge in [-0.05, 0) is 61.7 Å². The lowest BCUT2D eigenvalue weighted by Gasteiger charge is -2.29. The molecule has 3 aromatic rings. The zero-order chi connectivity index (χ0) is 24.7. The molecule has 0 aliphatic rings. The highest BCUT2D eigenvalue weighted by Crippen LogP contribution is 2.31. The Kier molecular flexibility index (Phi) is 8.84. The van der Waals surface area contributed by atoms with Crippen molar-refractivity contribution in [2.24, 2.45) is 0 Å². The van der Waals surface area contributed by atoms with E-state index in [2.05, 4.69) is 29.0 Å². The summed E-state index contributed by atoms with van der Waals surface area (Å²) >= 11 is 5.68. The van der Waals surface area contributed by atoms with Gasteiger partial charge >= 0.3 is 0 Å². The molecule has 7 nitrogen and oxygen atoms in total. The van der Waals surface area contributed by atoms with Crippen molar-refractivity contribution < 1.29 is 13.9 Å². The van der Waals surface area contributed by atoms with Crippen molar-refractivity contribution in [2.75, 3.05) is 45.7 Å². The topological polar surface area (TPSA) is 69.8 Å². The molecule has 1 heterocycles. The summed E-state index contributed by atoms with van der Waals surface area (Å²) in [5.74, 6) is 0.813. The van der Waals surface area contributed by atoms with Crippen molar-refractivity contribution >= 4 is 33.9 Å². The fourth-order valence-corrected chi connectivity index (χ4v) is 3.97. The molecule has 0 aliphatic heterocycles. The summed E-state index contributed by atoms with van der Waals surface area (Å²) in [7, 11) is 3.13. The van der Waals surface area contributed by atoms with Crippen LogP contribution in [0, 0.1) is 5.82 Å². The summed E-state index contributed by atoms with van der Waals surface area (Å²) in [5.41, 5.74) is 1.72. The molecule has 0 unspecified atom stereocenters. The van der Waals surface area contributed by atoms with Crippen LogP contribution >= 0.6 is 12.2 Å². The van der Waals surface area contributed by atoms with E-state index in [9.17, 15) is 9.18 Å². The van der Waals surface area contributed by atoms with Gasteiger partial charge in [-0.15, -0.1) is 0 Å². The molecule has 0 fully saturated rings. The van der Waals surface area contributed by atoms with Gasteiger partial charge in [0.05, 0.1) is 26.3 Å². The SMILES string of the molecule is CCN(CC)CCN(Cc1cc2cc(OC)c(OC)cc2[nH]c1=O)C(=S)Nc1ccc(F)cc1. The van der Waals surface area contributed by atoms with Crippen LogP contribution in [-0.4, -0.2) is 60.3 Å².